The van der Waals surface area contributed by atoms with Crippen molar-refractivity contribution in [1.82, 2.24) is 14.3 Å². The number of aromatic nitrogens is 2. The molecule has 1 aromatic carbocycles. The summed E-state index contributed by atoms with van der Waals surface area (Å²) >= 11 is 6.78. The summed E-state index contributed by atoms with van der Waals surface area (Å²) in [4.78, 5) is 36.3. The molecule has 3 aliphatic heterocycles. The van der Waals surface area contributed by atoms with E-state index in [0.29, 0.717) is 50.2 Å². The van der Waals surface area contributed by atoms with Crippen LogP contribution < -0.4 is 19.9 Å². The lowest BCUT2D eigenvalue weighted by molar-refractivity contribution is -0.122. The summed E-state index contributed by atoms with van der Waals surface area (Å²) in [7, 11) is 0. The maximum absolute atomic E-state index is 13.7. The van der Waals surface area contributed by atoms with Gasteiger partial charge in [-0.3, -0.25) is 18.9 Å². The lowest BCUT2D eigenvalue weighted by atomic mass is 10.00. The second-order valence-corrected chi connectivity index (χ2v) is 11.4. The summed E-state index contributed by atoms with van der Waals surface area (Å²) in [5, 5.41) is 0. The molecule has 0 N–H and O–H groups in total. The van der Waals surface area contributed by atoms with Crippen LogP contribution in [0.15, 0.2) is 46.2 Å². The van der Waals surface area contributed by atoms with Crippen molar-refractivity contribution in [3.63, 3.8) is 0 Å². The predicted molar refractivity (Wildman–Crippen MR) is 148 cm³/mol. The number of carbonyl (C=O) groups is 1. The average molecular weight is 535 g/mol. The highest BCUT2D eigenvalue weighted by Crippen LogP contribution is 2.37. The van der Waals surface area contributed by atoms with Crippen LogP contribution in [0.3, 0.4) is 0 Å². The third kappa shape index (κ3) is 4.48. The van der Waals surface area contributed by atoms with Crippen molar-refractivity contribution >= 4 is 51.7 Å². The summed E-state index contributed by atoms with van der Waals surface area (Å²) in [6, 6.07) is 9.41. The Labute approximate surface area is 223 Å². The van der Waals surface area contributed by atoms with Gasteiger partial charge in [0.05, 0.1) is 17.0 Å². The molecule has 3 aliphatic rings. The molecule has 2 aromatic heterocycles. The zero-order chi connectivity index (χ0) is 25.7. The number of aryl methyl sites for hydroxylation is 1. The molecule has 1 amide bonds. The number of pyridine rings is 1. The van der Waals surface area contributed by atoms with Gasteiger partial charge in [0.2, 0.25) is 6.79 Å². The Morgan fingerprint density at radius 1 is 1.19 bits per heavy atom. The Hall–Kier alpha value is -3.37. The van der Waals surface area contributed by atoms with E-state index < -0.39 is 0 Å². The van der Waals surface area contributed by atoms with E-state index in [1.165, 1.54) is 11.8 Å². The number of rotatable bonds is 4. The number of thiocarbonyl (C=S) groups is 1. The molecule has 2 saturated heterocycles. The number of hydrogen-bond acceptors (Lipinski definition) is 8. The maximum atomic E-state index is 13.7. The highest BCUT2D eigenvalue weighted by Gasteiger charge is 2.33. The van der Waals surface area contributed by atoms with Crippen LogP contribution in [0.4, 0.5) is 5.82 Å². The van der Waals surface area contributed by atoms with Gasteiger partial charge >= 0.3 is 0 Å². The van der Waals surface area contributed by atoms with Gasteiger partial charge in [0.25, 0.3) is 11.5 Å². The van der Waals surface area contributed by atoms with Gasteiger partial charge in [0.1, 0.15) is 15.8 Å². The maximum Gasteiger partial charge on any atom is 0.267 e. The van der Waals surface area contributed by atoms with E-state index in [0.717, 1.165) is 37.1 Å². The van der Waals surface area contributed by atoms with E-state index in [-0.39, 0.29) is 18.3 Å². The molecule has 10 heteroatoms. The lowest BCUT2D eigenvalue weighted by Crippen LogP contribution is -2.37. The van der Waals surface area contributed by atoms with Crippen LogP contribution >= 0.6 is 24.0 Å². The third-order valence-electron chi connectivity index (χ3n) is 6.87. The first-order chi connectivity index (χ1) is 17.9. The summed E-state index contributed by atoms with van der Waals surface area (Å²) < 4.78 is 12.9. The van der Waals surface area contributed by atoms with Crippen LogP contribution in [0.1, 0.15) is 36.5 Å². The topological polar surface area (TPSA) is 76.4 Å². The molecule has 8 nitrogen and oxygen atoms in total. The molecule has 5 heterocycles. The van der Waals surface area contributed by atoms with Gasteiger partial charge in [-0.05, 0) is 61.1 Å². The number of hydrogen-bond donors (Lipinski definition) is 0. The van der Waals surface area contributed by atoms with Gasteiger partial charge in [-0.2, -0.15) is 0 Å². The van der Waals surface area contributed by atoms with E-state index in [1.807, 2.05) is 37.3 Å². The third-order valence-corrected chi connectivity index (χ3v) is 8.25. The summed E-state index contributed by atoms with van der Waals surface area (Å²) in [6.07, 6.45) is 5.65. The molecule has 37 heavy (non-hydrogen) atoms. The van der Waals surface area contributed by atoms with Crippen molar-refractivity contribution in [2.45, 2.75) is 33.2 Å². The number of nitrogens with zero attached hydrogens (tertiary/aromatic N) is 4. The quantitative estimate of drug-likeness (QED) is 0.361. The number of benzene rings is 1. The lowest BCUT2D eigenvalue weighted by Gasteiger charge is -2.32. The van der Waals surface area contributed by atoms with E-state index in [4.69, 9.17) is 26.7 Å². The number of amides is 1. The van der Waals surface area contributed by atoms with Crippen molar-refractivity contribution in [1.29, 1.82) is 0 Å². The molecule has 2 fully saturated rings. The van der Waals surface area contributed by atoms with E-state index in [1.54, 1.807) is 21.6 Å². The van der Waals surface area contributed by atoms with Crippen LogP contribution in [0.2, 0.25) is 0 Å². The first-order valence-corrected chi connectivity index (χ1v) is 13.5. The smallest absolute Gasteiger partial charge is 0.267 e. The first kappa shape index (κ1) is 24.0. The van der Waals surface area contributed by atoms with Gasteiger partial charge in [0.15, 0.2) is 11.5 Å². The Bertz CT molecular complexity index is 1530. The van der Waals surface area contributed by atoms with Gasteiger partial charge in [0, 0.05) is 19.3 Å². The van der Waals surface area contributed by atoms with Gasteiger partial charge in [-0.1, -0.05) is 43.0 Å². The Kier molecular flexibility index (Phi) is 6.16. The minimum Gasteiger partial charge on any atom is -0.454 e. The molecule has 190 valence electrons. The molecular weight excluding hydrogens is 508 g/mol. The Morgan fingerprint density at radius 3 is 2.86 bits per heavy atom. The second kappa shape index (κ2) is 9.50. The number of piperidine rings is 1. The number of ether oxygens (including phenoxy) is 2. The van der Waals surface area contributed by atoms with E-state index in [2.05, 4.69) is 11.8 Å². The molecule has 1 atom stereocenters. The summed E-state index contributed by atoms with van der Waals surface area (Å²) in [5.74, 6) is 2.25. The van der Waals surface area contributed by atoms with Crippen molar-refractivity contribution in [3.05, 3.63) is 68.5 Å². The van der Waals surface area contributed by atoms with Crippen molar-refractivity contribution in [2.24, 2.45) is 5.92 Å². The second-order valence-electron chi connectivity index (χ2n) is 9.74. The minimum absolute atomic E-state index is 0.190. The molecule has 0 bridgehead atoms. The Morgan fingerprint density at radius 2 is 2.03 bits per heavy atom. The van der Waals surface area contributed by atoms with E-state index in [9.17, 15) is 9.59 Å². The number of carbonyl (C=O) groups excluding carboxylic acids is 1. The molecule has 0 saturated carbocycles. The van der Waals surface area contributed by atoms with Crippen molar-refractivity contribution in [3.8, 4) is 11.5 Å². The number of anilines is 1. The predicted octanol–water partition coefficient (Wildman–Crippen LogP) is 4.37. The van der Waals surface area contributed by atoms with Crippen molar-refractivity contribution in [2.75, 3.05) is 24.8 Å². The van der Waals surface area contributed by atoms with Crippen LogP contribution in [0.25, 0.3) is 11.7 Å². The normalized spacial score (nSPS) is 20.5. The summed E-state index contributed by atoms with van der Waals surface area (Å²) in [6.45, 7) is 6.29. The molecule has 6 rings (SSSR count). The standard InChI is InChI=1S/C27H26N4O4S2/c1-16-4-3-9-29(12-16)24-19(25(32)30-13-17(2)5-8-23(30)28-24)11-22-26(33)31(27(36)37-22)14-18-6-7-20-21(10-18)35-15-34-20/h5-8,10-11,13,16H,3-4,9,12,14-15H2,1-2H3. The Balaban J connectivity index is 1.38. The van der Waals surface area contributed by atoms with Crippen molar-refractivity contribution < 1.29 is 14.3 Å². The molecule has 3 aromatic rings. The largest absolute Gasteiger partial charge is 0.454 e. The highest BCUT2D eigenvalue weighted by atomic mass is 32.2. The monoisotopic (exact) mass is 534 g/mol. The minimum atomic E-state index is -0.223. The van der Waals surface area contributed by atoms with E-state index >= 15 is 0 Å². The van der Waals surface area contributed by atoms with Gasteiger partial charge < -0.3 is 14.4 Å². The number of fused-ring (bicyclic) bond motifs is 2. The molecule has 0 aliphatic carbocycles. The fourth-order valence-electron chi connectivity index (χ4n) is 4.99. The fraction of sp³-hybridized carbons (Fsp3) is 0.333. The summed E-state index contributed by atoms with van der Waals surface area (Å²) in [5.41, 5.74) is 2.66. The molecule has 0 radical (unpaired) electrons. The number of thioether (sulfide) groups is 1. The first-order valence-electron chi connectivity index (χ1n) is 12.3. The molecule has 1 unspecified atom stereocenters. The van der Waals surface area contributed by atoms with Gasteiger partial charge in [-0.15, -0.1) is 0 Å². The molecule has 0 spiro atoms. The molecular formula is C27H26N4O4S2. The average Bonchev–Trinajstić information content (AvgIpc) is 3.45. The van der Waals surface area contributed by atoms with Crippen LogP contribution in [-0.4, -0.2) is 44.4 Å². The fourth-order valence-corrected chi connectivity index (χ4v) is 6.22. The zero-order valence-electron chi connectivity index (χ0n) is 20.6. The van der Waals surface area contributed by atoms with Crippen LogP contribution in [0.5, 0.6) is 11.5 Å². The van der Waals surface area contributed by atoms with Gasteiger partial charge in [-0.25, -0.2) is 4.98 Å². The van der Waals surface area contributed by atoms with Crippen LogP contribution in [-0.2, 0) is 11.3 Å². The van der Waals surface area contributed by atoms with Crippen LogP contribution in [0, 0.1) is 12.8 Å². The SMILES string of the molecule is Cc1ccc2nc(N3CCCC(C)C3)c(C=C3SC(=S)N(Cc4ccc5c(c4)OCO5)C3=O)c(=O)n2c1. The zero-order valence-corrected chi connectivity index (χ0v) is 22.2. The highest BCUT2D eigenvalue weighted by molar-refractivity contribution is 8.26.